The molecule has 0 aliphatic carbocycles. The highest BCUT2D eigenvalue weighted by Crippen LogP contribution is 2.30. The van der Waals surface area contributed by atoms with Crippen LogP contribution in [0.2, 0.25) is 0 Å². The second-order valence-electron chi connectivity index (χ2n) is 2.87. The normalized spacial score (nSPS) is 10.1. The topological polar surface area (TPSA) is 9.23 Å². The summed E-state index contributed by atoms with van der Waals surface area (Å²) in [6.07, 6.45) is 0. The van der Waals surface area contributed by atoms with E-state index in [1.165, 1.54) is 11.1 Å². The van der Waals surface area contributed by atoms with E-state index in [2.05, 4.69) is 33.4 Å². The molecule has 0 saturated heterocycles. The van der Waals surface area contributed by atoms with Crippen LogP contribution in [0.3, 0.4) is 0 Å². The van der Waals surface area contributed by atoms with Crippen molar-refractivity contribution in [2.24, 2.45) is 0 Å². The van der Waals surface area contributed by atoms with Crippen LogP contribution in [0.25, 0.3) is 11.1 Å². The molecule has 0 fully saturated rings. The summed E-state index contributed by atoms with van der Waals surface area (Å²) in [6, 6.07) is 10.2. The zero-order valence-corrected chi connectivity index (χ0v) is 10.1. The molecule has 0 spiro atoms. The first kappa shape index (κ1) is 9.74. The molecule has 0 aliphatic rings. The maximum absolute atomic E-state index is 5.17. The molecule has 2 aromatic rings. The van der Waals surface area contributed by atoms with Gasteiger partial charge in [0.25, 0.3) is 0 Å². The van der Waals surface area contributed by atoms with Gasteiger partial charge in [-0.15, -0.1) is 11.3 Å². The fraction of sp³-hybridized carbons (Fsp3) is 0.0909. The standard InChI is InChI=1S/C11H9BrOS/c1-13-10-4-2-3-8(5-10)9-6-11(12)14-7-9/h2-7H,1H3. The highest BCUT2D eigenvalue weighted by molar-refractivity contribution is 9.11. The van der Waals surface area contributed by atoms with Crippen LogP contribution in [0.15, 0.2) is 39.5 Å². The number of halogens is 1. The van der Waals surface area contributed by atoms with E-state index in [9.17, 15) is 0 Å². The van der Waals surface area contributed by atoms with Crippen molar-refractivity contribution in [1.29, 1.82) is 0 Å². The third kappa shape index (κ3) is 1.99. The SMILES string of the molecule is COc1cccc(-c2csc(Br)c2)c1. The predicted octanol–water partition coefficient (Wildman–Crippen LogP) is 4.19. The number of hydrogen-bond acceptors (Lipinski definition) is 2. The van der Waals surface area contributed by atoms with Crippen molar-refractivity contribution in [3.63, 3.8) is 0 Å². The molecular weight excluding hydrogens is 260 g/mol. The van der Waals surface area contributed by atoms with E-state index in [1.54, 1.807) is 18.4 Å². The van der Waals surface area contributed by atoms with Crippen LogP contribution < -0.4 is 4.74 Å². The average molecular weight is 269 g/mol. The van der Waals surface area contributed by atoms with Gasteiger partial charge in [0.15, 0.2) is 0 Å². The van der Waals surface area contributed by atoms with Crippen LogP contribution in [-0.2, 0) is 0 Å². The molecule has 1 aromatic carbocycles. The van der Waals surface area contributed by atoms with Gasteiger partial charge in [0.2, 0.25) is 0 Å². The number of hydrogen-bond donors (Lipinski definition) is 0. The molecule has 0 amide bonds. The fourth-order valence-electron chi connectivity index (χ4n) is 1.26. The molecule has 0 saturated carbocycles. The Hall–Kier alpha value is -0.800. The lowest BCUT2D eigenvalue weighted by molar-refractivity contribution is 0.415. The monoisotopic (exact) mass is 268 g/mol. The van der Waals surface area contributed by atoms with Crippen molar-refractivity contribution >= 4 is 27.3 Å². The molecule has 0 N–H and O–H groups in total. The minimum absolute atomic E-state index is 0.893. The van der Waals surface area contributed by atoms with Crippen LogP contribution in [0.1, 0.15) is 0 Å². The lowest BCUT2D eigenvalue weighted by Crippen LogP contribution is -1.82. The predicted molar refractivity (Wildman–Crippen MR) is 64.0 cm³/mol. The smallest absolute Gasteiger partial charge is 0.119 e. The van der Waals surface area contributed by atoms with Gasteiger partial charge in [-0.05, 0) is 50.6 Å². The molecule has 3 heteroatoms. The lowest BCUT2D eigenvalue weighted by Gasteiger charge is -2.01. The van der Waals surface area contributed by atoms with Crippen molar-refractivity contribution in [1.82, 2.24) is 0 Å². The first-order valence-electron chi connectivity index (χ1n) is 4.18. The largest absolute Gasteiger partial charge is 0.497 e. The number of benzene rings is 1. The first-order chi connectivity index (χ1) is 6.79. The molecule has 0 aliphatic heterocycles. The quantitative estimate of drug-likeness (QED) is 0.794. The Morgan fingerprint density at radius 1 is 1.21 bits per heavy atom. The highest BCUT2D eigenvalue weighted by Gasteiger charge is 2.01. The number of methoxy groups -OCH3 is 1. The average Bonchev–Trinajstić information content (AvgIpc) is 2.65. The van der Waals surface area contributed by atoms with Crippen LogP contribution in [0.4, 0.5) is 0 Å². The summed E-state index contributed by atoms with van der Waals surface area (Å²) in [7, 11) is 1.68. The molecular formula is C11H9BrOS. The van der Waals surface area contributed by atoms with E-state index < -0.39 is 0 Å². The second kappa shape index (κ2) is 4.15. The Morgan fingerprint density at radius 3 is 2.71 bits per heavy atom. The molecule has 1 aromatic heterocycles. The van der Waals surface area contributed by atoms with E-state index in [0.29, 0.717) is 0 Å². The van der Waals surface area contributed by atoms with Gasteiger partial charge in [-0.2, -0.15) is 0 Å². The highest BCUT2D eigenvalue weighted by atomic mass is 79.9. The van der Waals surface area contributed by atoms with Gasteiger partial charge in [0.05, 0.1) is 10.9 Å². The van der Waals surface area contributed by atoms with Gasteiger partial charge in [-0.3, -0.25) is 0 Å². The molecule has 1 nitrogen and oxygen atoms in total. The fourth-order valence-corrected chi connectivity index (χ4v) is 2.43. The number of thiophene rings is 1. The summed E-state index contributed by atoms with van der Waals surface area (Å²) in [6.45, 7) is 0. The molecule has 1 heterocycles. The van der Waals surface area contributed by atoms with Crippen LogP contribution in [0, 0.1) is 0 Å². The number of rotatable bonds is 2. The van der Waals surface area contributed by atoms with E-state index in [4.69, 9.17) is 4.74 Å². The van der Waals surface area contributed by atoms with E-state index in [0.717, 1.165) is 9.54 Å². The van der Waals surface area contributed by atoms with Crippen LogP contribution >= 0.6 is 27.3 Å². The Balaban J connectivity index is 2.41. The van der Waals surface area contributed by atoms with E-state index in [1.807, 2.05) is 18.2 Å². The molecule has 72 valence electrons. The van der Waals surface area contributed by atoms with Crippen molar-refractivity contribution < 1.29 is 4.74 Å². The van der Waals surface area contributed by atoms with Gasteiger partial charge in [-0.25, -0.2) is 0 Å². The Kier molecular flexibility index (Phi) is 2.89. The maximum atomic E-state index is 5.17. The Morgan fingerprint density at radius 2 is 2.07 bits per heavy atom. The van der Waals surface area contributed by atoms with Gasteiger partial charge in [0.1, 0.15) is 5.75 Å². The maximum Gasteiger partial charge on any atom is 0.119 e. The van der Waals surface area contributed by atoms with E-state index in [-0.39, 0.29) is 0 Å². The van der Waals surface area contributed by atoms with Gasteiger partial charge < -0.3 is 4.74 Å². The van der Waals surface area contributed by atoms with Crippen molar-refractivity contribution in [3.8, 4) is 16.9 Å². The minimum Gasteiger partial charge on any atom is -0.497 e. The summed E-state index contributed by atoms with van der Waals surface area (Å²) in [5, 5.41) is 2.12. The van der Waals surface area contributed by atoms with Gasteiger partial charge in [0, 0.05) is 0 Å². The number of ether oxygens (including phenoxy) is 1. The molecule has 0 bridgehead atoms. The summed E-state index contributed by atoms with van der Waals surface area (Å²) in [4.78, 5) is 0. The summed E-state index contributed by atoms with van der Waals surface area (Å²) >= 11 is 5.14. The molecule has 2 rings (SSSR count). The van der Waals surface area contributed by atoms with E-state index >= 15 is 0 Å². The van der Waals surface area contributed by atoms with Crippen molar-refractivity contribution in [3.05, 3.63) is 39.5 Å². The third-order valence-electron chi connectivity index (χ3n) is 1.97. The molecule has 0 atom stereocenters. The lowest BCUT2D eigenvalue weighted by atomic mass is 10.1. The zero-order chi connectivity index (χ0) is 9.97. The van der Waals surface area contributed by atoms with Crippen LogP contribution in [0.5, 0.6) is 5.75 Å². The first-order valence-corrected chi connectivity index (χ1v) is 5.85. The molecule has 0 radical (unpaired) electrons. The second-order valence-corrected chi connectivity index (χ2v) is 5.16. The summed E-state index contributed by atoms with van der Waals surface area (Å²) < 4.78 is 6.32. The van der Waals surface area contributed by atoms with Crippen molar-refractivity contribution in [2.45, 2.75) is 0 Å². The summed E-state index contributed by atoms with van der Waals surface area (Å²) in [5.41, 5.74) is 2.41. The Labute approximate surface area is 95.5 Å². The minimum atomic E-state index is 0.893. The molecule has 0 unspecified atom stereocenters. The van der Waals surface area contributed by atoms with Gasteiger partial charge >= 0.3 is 0 Å². The zero-order valence-electron chi connectivity index (χ0n) is 7.66. The third-order valence-corrected chi connectivity index (χ3v) is 3.47. The van der Waals surface area contributed by atoms with Gasteiger partial charge in [-0.1, -0.05) is 12.1 Å². The summed E-state index contributed by atoms with van der Waals surface area (Å²) in [5.74, 6) is 0.893. The molecule has 14 heavy (non-hydrogen) atoms. The van der Waals surface area contributed by atoms with Crippen molar-refractivity contribution in [2.75, 3.05) is 7.11 Å². The Bertz CT molecular complexity index is 436. The van der Waals surface area contributed by atoms with Crippen LogP contribution in [-0.4, -0.2) is 7.11 Å².